The molecule has 0 spiro atoms. The molecule has 0 atom stereocenters. The van der Waals surface area contributed by atoms with Crippen LogP contribution in [0.5, 0.6) is 11.5 Å². The van der Waals surface area contributed by atoms with Crippen molar-refractivity contribution in [1.29, 1.82) is 0 Å². The van der Waals surface area contributed by atoms with Crippen molar-refractivity contribution in [2.75, 3.05) is 6.23 Å². The summed E-state index contributed by atoms with van der Waals surface area (Å²) in [4.78, 5) is 0. The van der Waals surface area contributed by atoms with Crippen LogP contribution in [0.2, 0.25) is 18.1 Å². The summed E-state index contributed by atoms with van der Waals surface area (Å²) in [6.07, 6.45) is 0.762. The van der Waals surface area contributed by atoms with Crippen LogP contribution in [0.15, 0.2) is 78.9 Å². The van der Waals surface area contributed by atoms with E-state index in [1.54, 1.807) is 0 Å². The molecule has 0 aliphatic carbocycles. The normalized spacial score (nSPS) is 11.3. The Bertz CT molecular complexity index is 832. The monoisotopic (exact) mass is 382 g/mol. The van der Waals surface area contributed by atoms with Gasteiger partial charge in [0, 0.05) is 11.3 Å². The van der Waals surface area contributed by atoms with Gasteiger partial charge in [0.1, 0.15) is 19.6 Å². The average molecular weight is 383 g/mol. The van der Waals surface area contributed by atoms with Crippen LogP contribution in [0.25, 0.3) is 0 Å². The fraction of sp³-hybridized carbons (Fsp3) is 0.182. The van der Waals surface area contributed by atoms with Crippen molar-refractivity contribution in [2.45, 2.75) is 19.7 Å². The summed E-state index contributed by atoms with van der Waals surface area (Å²) in [6.45, 7) is 5.20. The summed E-state index contributed by atoms with van der Waals surface area (Å²) in [7, 11) is -1.64. The molecule has 0 bridgehead atoms. The van der Waals surface area contributed by atoms with Gasteiger partial charge in [-0.05, 0) is 42.0 Å². The Balaban J connectivity index is 1.58. The number of benzene rings is 3. The average Bonchev–Trinajstić information content (AvgIpc) is 2.63. The summed E-state index contributed by atoms with van der Waals surface area (Å²) < 4.78 is 11.9. The van der Waals surface area contributed by atoms with Gasteiger partial charge >= 0.3 is 0 Å². The van der Waals surface area contributed by atoms with Gasteiger partial charge in [0.15, 0.2) is 0 Å². The van der Waals surface area contributed by atoms with Crippen molar-refractivity contribution in [3.05, 3.63) is 89.4 Å². The molecule has 0 saturated heterocycles. The number of hydrogen-bond acceptors (Lipinski definition) is 2. The van der Waals surface area contributed by atoms with Crippen LogP contribution in [0.4, 0.5) is 0 Å². The zero-order chi connectivity index (χ0) is 18.4. The van der Waals surface area contributed by atoms with E-state index in [-0.39, 0.29) is 0 Å². The first-order valence-corrected chi connectivity index (χ1v) is 12.3. The first-order chi connectivity index (χ1) is 12.5. The first-order valence-electron chi connectivity index (χ1n) is 8.69. The number of ether oxygens (including phenoxy) is 2. The molecule has 0 fully saturated rings. The van der Waals surface area contributed by atoms with Gasteiger partial charge in [-0.1, -0.05) is 72.3 Å². The van der Waals surface area contributed by atoms with E-state index in [4.69, 9.17) is 21.1 Å². The van der Waals surface area contributed by atoms with E-state index < -0.39 is 8.07 Å². The second kappa shape index (κ2) is 8.54. The van der Waals surface area contributed by atoms with E-state index in [1.807, 2.05) is 60.7 Å². The fourth-order valence-corrected chi connectivity index (χ4v) is 4.71. The van der Waals surface area contributed by atoms with Crippen LogP contribution in [-0.2, 0) is 11.3 Å². The quantitative estimate of drug-likeness (QED) is 0.480. The predicted octanol–water partition coefficient (Wildman–Crippen LogP) is 5.80. The zero-order valence-corrected chi connectivity index (χ0v) is 16.9. The van der Waals surface area contributed by atoms with Crippen LogP contribution >= 0.6 is 11.6 Å². The molecule has 3 aromatic rings. The highest BCUT2D eigenvalue weighted by atomic mass is 35.5. The molecule has 0 aliphatic heterocycles. The lowest BCUT2D eigenvalue weighted by Crippen LogP contribution is -2.46. The van der Waals surface area contributed by atoms with Crippen molar-refractivity contribution < 1.29 is 9.47 Å². The van der Waals surface area contributed by atoms with Gasteiger partial charge in [-0.2, -0.15) is 0 Å². The van der Waals surface area contributed by atoms with E-state index >= 15 is 0 Å². The molecule has 4 heteroatoms. The third-order valence-corrected chi connectivity index (χ3v) is 7.31. The minimum atomic E-state index is -1.64. The molecule has 134 valence electrons. The van der Waals surface area contributed by atoms with Crippen LogP contribution in [0.3, 0.4) is 0 Å². The molecule has 3 aromatic carbocycles. The maximum Gasteiger partial charge on any atom is 0.127 e. The largest absolute Gasteiger partial charge is 0.457 e. The fourth-order valence-electron chi connectivity index (χ4n) is 2.73. The standard InChI is InChI=1S/C22H23ClO2Si/c1-26(2,22-13-11-19(23)12-14-22)17-24-16-18-7-6-10-21(15-18)25-20-8-4-3-5-9-20/h3-15H,16-17H2,1-2H3. The Hall–Kier alpha value is -2.07. The highest BCUT2D eigenvalue weighted by Gasteiger charge is 2.23. The maximum absolute atomic E-state index is 6.05. The van der Waals surface area contributed by atoms with Crippen molar-refractivity contribution in [1.82, 2.24) is 0 Å². The number of para-hydroxylation sites is 1. The first kappa shape index (κ1) is 18.7. The Morgan fingerprint density at radius 1 is 0.808 bits per heavy atom. The smallest absolute Gasteiger partial charge is 0.127 e. The lowest BCUT2D eigenvalue weighted by atomic mass is 10.2. The lowest BCUT2D eigenvalue weighted by Gasteiger charge is -2.23. The summed E-state index contributed by atoms with van der Waals surface area (Å²) in [5.41, 5.74) is 1.11. The maximum atomic E-state index is 6.05. The number of hydrogen-bond donors (Lipinski definition) is 0. The van der Waals surface area contributed by atoms with E-state index in [9.17, 15) is 0 Å². The summed E-state index contributed by atoms with van der Waals surface area (Å²) in [5.74, 6) is 1.66. The molecule has 0 amide bonds. The molecule has 2 nitrogen and oxygen atoms in total. The van der Waals surface area contributed by atoms with E-state index in [0.29, 0.717) is 6.61 Å². The van der Waals surface area contributed by atoms with E-state index in [0.717, 1.165) is 28.3 Å². The van der Waals surface area contributed by atoms with Crippen molar-refractivity contribution in [2.24, 2.45) is 0 Å². The highest BCUT2D eigenvalue weighted by Crippen LogP contribution is 2.22. The SMILES string of the molecule is C[Si](C)(COCc1cccc(Oc2ccccc2)c1)c1ccc(Cl)cc1. The van der Waals surface area contributed by atoms with Crippen LogP contribution in [-0.4, -0.2) is 14.3 Å². The second-order valence-electron chi connectivity index (χ2n) is 6.95. The van der Waals surface area contributed by atoms with Gasteiger partial charge in [-0.15, -0.1) is 0 Å². The Kier molecular flexibility index (Phi) is 6.15. The molecule has 26 heavy (non-hydrogen) atoms. The Morgan fingerprint density at radius 2 is 1.50 bits per heavy atom. The highest BCUT2D eigenvalue weighted by molar-refractivity contribution is 6.89. The molecule has 0 N–H and O–H groups in total. The molecule has 0 saturated carbocycles. The molecular formula is C22H23ClO2Si. The summed E-state index contributed by atoms with van der Waals surface area (Å²) >= 11 is 5.99. The second-order valence-corrected chi connectivity index (χ2v) is 12.0. The third-order valence-electron chi connectivity index (χ3n) is 4.23. The molecule has 0 heterocycles. The van der Waals surface area contributed by atoms with Crippen molar-refractivity contribution >= 4 is 24.9 Å². The molecular weight excluding hydrogens is 360 g/mol. The van der Waals surface area contributed by atoms with Gasteiger partial charge in [-0.3, -0.25) is 0 Å². The molecule has 0 radical (unpaired) electrons. The van der Waals surface area contributed by atoms with Gasteiger partial charge < -0.3 is 9.47 Å². The topological polar surface area (TPSA) is 18.5 Å². The van der Waals surface area contributed by atoms with Gasteiger partial charge in [0.2, 0.25) is 0 Å². The Labute approximate surface area is 161 Å². The van der Waals surface area contributed by atoms with E-state index in [2.05, 4.69) is 31.3 Å². The molecule has 0 aliphatic rings. The minimum Gasteiger partial charge on any atom is -0.457 e. The lowest BCUT2D eigenvalue weighted by molar-refractivity contribution is 0.160. The van der Waals surface area contributed by atoms with Gasteiger partial charge in [0.05, 0.1) is 6.61 Å². The number of rotatable bonds is 7. The van der Waals surface area contributed by atoms with Crippen molar-refractivity contribution in [3.63, 3.8) is 0 Å². The Morgan fingerprint density at radius 3 is 2.23 bits per heavy atom. The summed E-state index contributed by atoms with van der Waals surface area (Å²) in [6, 6.07) is 26.0. The van der Waals surface area contributed by atoms with Gasteiger partial charge in [0.25, 0.3) is 0 Å². The molecule has 0 aromatic heterocycles. The van der Waals surface area contributed by atoms with Crippen molar-refractivity contribution in [3.8, 4) is 11.5 Å². The molecule has 0 unspecified atom stereocenters. The van der Waals surface area contributed by atoms with Crippen LogP contribution in [0.1, 0.15) is 5.56 Å². The van der Waals surface area contributed by atoms with E-state index in [1.165, 1.54) is 5.19 Å². The van der Waals surface area contributed by atoms with Crippen LogP contribution < -0.4 is 9.92 Å². The van der Waals surface area contributed by atoms with Crippen LogP contribution in [0, 0.1) is 0 Å². The minimum absolute atomic E-state index is 0.579. The summed E-state index contributed by atoms with van der Waals surface area (Å²) in [5, 5.41) is 2.12. The predicted molar refractivity (Wildman–Crippen MR) is 111 cm³/mol. The third kappa shape index (κ3) is 5.21. The molecule has 3 rings (SSSR count). The number of halogens is 1. The van der Waals surface area contributed by atoms with Gasteiger partial charge in [-0.25, -0.2) is 0 Å². The zero-order valence-electron chi connectivity index (χ0n) is 15.1.